The van der Waals surface area contributed by atoms with E-state index >= 15 is 0 Å². The zero-order chi connectivity index (χ0) is 24.6. The Morgan fingerprint density at radius 1 is 1.03 bits per heavy atom. The average molecular weight is 460 g/mol. The Kier molecular flexibility index (Phi) is 10.00. The number of aliphatic carboxylic acids is 3. The van der Waals surface area contributed by atoms with Crippen LogP contribution in [0.2, 0.25) is 0 Å². The Labute approximate surface area is 182 Å². The first kappa shape index (κ1) is 26.8. The molecule has 0 radical (unpaired) electrons. The van der Waals surface area contributed by atoms with Crippen LogP contribution in [-0.4, -0.2) is 97.8 Å². The van der Waals surface area contributed by atoms with Crippen molar-refractivity contribution in [3.8, 4) is 0 Å². The van der Waals surface area contributed by atoms with E-state index in [1.165, 1.54) is 6.92 Å². The lowest BCUT2D eigenvalue weighted by molar-refractivity contribution is -0.147. The molecule has 32 heavy (non-hydrogen) atoms. The highest BCUT2D eigenvalue weighted by atomic mass is 16.4. The number of nitrogens with zero attached hydrogens (tertiary/aromatic N) is 1. The summed E-state index contributed by atoms with van der Waals surface area (Å²) in [6.07, 6.45) is -2.42. The minimum Gasteiger partial charge on any atom is -0.481 e. The summed E-state index contributed by atoms with van der Waals surface area (Å²) in [6.45, 7) is 1.29. The van der Waals surface area contributed by atoms with Gasteiger partial charge in [0.15, 0.2) is 0 Å². The fourth-order valence-electron chi connectivity index (χ4n) is 3.16. The number of aliphatic hydroxyl groups excluding tert-OH is 1. The van der Waals surface area contributed by atoms with Gasteiger partial charge in [-0.05, 0) is 26.2 Å². The van der Waals surface area contributed by atoms with Gasteiger partial charge in [-0.3, -0.25) is 24.0 Å². The van der Waals surface area contributed by atoms with Gasteiger partial charge in [-0.1, -0.05) is 0 Å². The van der Waals surface area contributed by atoms with Crippen LogP contribution >= 0.6 is 0 Å². The third-order valence-electron chi connectivity index (χ3n) is 4.92. The summed E-state index contributed by atoms with van der Waals surface area (Å²) in [5.74, 6) is -6.78. The van der Waals surface area contributed by atoms with Gasteiger partial charge in [0.1, 0.15) is 24.2 Å². The third kappa shape index (κ3) is 7.77. The van der Waals surface area contributed by atoms with Crippen LogP contribution < -0.4 is 16.4 Å². The van der Waals surface area contributed by atoms with Crippen molar-refractivity contribution in [3.63, 3.8) is 0 Å². The van der Waals surface area contributed by atoms with Crippen molar-refractivity contribution >= 4 is 35.6 Å². The molecule has 1 heterocycles. The smallest absolute Gasteiger partial charge is 0.326 e. The molecule has 1 aliphatic heterocycles. The van der Waals surface area contributed by atoms with Crippen LogP contribution in [0.3, 0.4) is 0 Å². The summed E-state index contributed by atoms with van der Waals surface area (Å²) in [5.41, 5.74) is 5.51. The van der Waals surface area contributed by atoms with Gasteiger partial charge in [-0.25, -0.2) is 4.79 Å². The van der Waals surface area contributed by atoms with E-state index in [1.807, 2.05) is 0 Å². The molecule has 1 fully saturated rings. The number of nitrogens with one attached hydrogen (secondary N) is 2. The molecule has 8 N–H and O–H groups in total. The second-order valence-electron chi connectivity index (χ2n) is 7.45. The predicted octanol–water partition coefficient (Wildman–Crippen LogP) is -2.92. The molecule has 14 nitrogen and oxygen atoms in total. The summed E-state index contributed by atoms with van der Waals surface area (Å²) in [5, 5.41) is 40.8. The average Bonchev–Trinajstić information content (AvgIpc) is 3.18. The zero-order valence-corrected chi connectivity index (χ0v) is 17.4. The van der Waals surface area contributed by atoms with Crippen LogP contribution in [0.5, 0.6) is 0 Å². The topological polar surface area (TPSA) is 237 Å². The standard InChI is InChI=1S/C18H28N4O10/c1-8(23)14(19)16(29)21-10(7-13(26)27)17(30)22-6-2-3-11(22)15(28)20-9(18(31)32)4-5-12(24)25/h8-11,14,23H,2-7,19H2,1H3,(H,20,28)(H,21,29)(H,24,25)(H,26,27)(H,31,32). The molecule has 0 aromatic carbocycles. The highest BCUT2D eigenvalue weighted by Gasteiger charge is 2.40. The lowest BCUT2D eigenvalue weighted by atomic mass is 10.1. The highest BCUT2D eigenvalue weighted by Crippen LogP contribution is 2.20. The number of likely N-dealkylation sites (tertiary alicyclic amines) is 1. The number of nitrogens with two attached hydrogens (primary N) is 1. The summed E-state index contributed by atoms with van der Waals surface area (Å²) in [6, 6.07) is -5.61. The Balaban J connectivity index is 2.96. The van der Waals surface area contributed by atoms with Gasteiger partial charge in [-0.15, -0.1) is 0 Å². The number of amides is 3. The van der Waals surface area contributed by atoms with Crippen LogP contribution in [0.25, 0.3) is 0 Å². The van der Waals surface area contributed by atoms with Crippen molar-refractivity contribution in [3.05, 3.63) is 0 Å². The number of carbonyl (C=O) groups is 6. The van der Waals surface area contributed by atoms with Crippen LogP contribution in [0, 0.1) is 0 Å². The third-order valence-corrected chi connectivity index (χ3v) is 4.92. The lowest BCUT2D eigenvalue weighted by Gasteiger charge is -2.29. The van der Waals surface area contributed by atoms with E-state index in [1.54, 1.807) is 0 Å². The Morgan fingerprint density at radius 3 is 2.16 bits per heavy atom. The molecule has 1 aliphatic rings. The quantitative estimate of drug-likeness (QED) is 0.156. The van der Waals surface area contributed by atoms with Gasteiger partial charge in [0.05, 0.1) is 12.5 Å². The maximum Gasteiger partial charge on any atom is 0.326 e. The first-order chi connectivity index (χ1) is 14.8. The molecule has 1 saturated heterocycles. The summed E-state index contributed by atoms with van der Waals surface area (Å²) >= 11 is 0. The van der Waals surface area contributed by atoms with E-state index in [0.29, 0.717) is 6.42 Å². The minimum atomic E-state index is -1.57. The fourth-order valence-corrected chi connectivity index (χ4v) is 3.16. The Bertz CT molecular complexity index is 756. The molecule has 0 aromatic heterocycles. The number of hydrogen-bond acceptors (Lipinski definition) is 8. The number of aliphatic hydroxyl groups is 1. The molecule has 0 aliphatic carbocycles. The number of rotatable bonds is 12. The summed E-state index contributed by atoms with van der Waals surface area (Å²) in [4.78, 5) is 71.9. The molecular formula is C18H28N4O10. The van der Waals surface area contributed by atoms with Crippen molar-refractivity contribution in [1.82, 2.24) is 15.5 Å². The molecule has 0 aromatic rings. The van der Waals surface area contributed by atoms with Crippen molar-refractivity contribution in [2.24, 2.45) is 5.73 Å². The van der Waals surface area contributed by atoms with Gasteiger partial charge in [0, 0.05) is 13.0 Å². The molecular weight excluding hydrogens is 432 g/mol. The van der Waals surface area contributed by atoms with Gasteiger partial charge in [0.2, 0.25) is 17.7 Å². The normalized spacial score (nSPS) is 19.3. The minimum absolute atomic E-state index is 0.0538. The van der Waals surface area contributed by atoms with Crippen molar-refractivity contribution < 1.29 is 49.2 Å². The zero-order valence-electron chi connectivity index (χ0n) is 17.4. The van der Waals surface area contributed by atoms with Gasteiger partial charge in [-0.2, -0.15) is 0 Å². The Hall–Kier alpha value is -3.26. The van der Waals surface area contributed by atoms with Crippen molar-refractivity contribution in [2.75, 3.05) is 6.54 Å². The van der Waals surface area contributed by atoms with Crippen LogP contribution in [0.15, 0.2) is 0 Å². The van der Waals surface area contributed by atoms with Gasteiger partial charge < -0.3 is 41.7 Å². The second kappa shape index (κ2) is 12.0. The van der Waals surface area contributed by atoms with E-state index in [4.69, 9.17) is 15.9 Å². The largest absolute Gasteiger partial charge is 0.481 e. The van der Waals surface area contributed by atoms with Gasteiger partial charge in [0.25, 0.3) is 0 Å². The van der Waals surface area contributed by atoms with E-state index in [9.17, 15) is 39.0 Å². The van der Waals surface area contributed by atoms with Crippen molar-refractivity contribution in [2.45, 2.75) is 69.3 Å². The van der Waals surface area contributed by atoms with Crippen molar-refractivity contribution in [1.29, 1.82) is 0 Å². The molecule has 14 heteroatoms. The Morgan fingerprint density at radius 2 is 1.66 bits per heavy atom. The van der Waals surface area contributed by atoms with Crippen LogP contribution in [0.1, 0.15) is 39.0 Å². The first-order valence-corrected chi connectivity index (χ1v) is 9.86. The number of carboxylic acids is 3. The summed E-state index contributed by atoms with van der Waals surface area (Å²) < 4.78 is 0. The first-order valence-electron chi connectivity index (χ1n) is 9.86. The lowest BCUT2D eigenvalue weighted by Crippen LogP contribution is -2.58. The molecule has 3 amide bonds. The van der Waals surface area contributed by atoms with E-state index < -0.39 is 78.7 Å². The predicted molar refractivity (Wildman–Crippen MR) is 105 cm³/mol. The van der Waals surface area contributed by atoms with E-state index in [2.05, 4.69) is 10.6 Å². The van der Waals surface area contributed by atoms with E-state index in [-0.39, 0.29) is 19.4 Å². The second-order valence-corrected chi connectivity index (χ2v) is 7.45. The van der Waals surface area contributed by atoms with Crippen LogP contribution in [0.4, 0.5) is 0 Å². The summed E-state index contributed by atoms with van der Waals surface area (Å²) in [7, 11) is 0. The molecule has 0 spiro atoms. The maximum atomic E-state index is 12.9. The molecule has 5 atom stereocenters. The van der Waals surface area contributed by atoms with Crippen LogP contribution in [-0.2, 0) is 28.8 Å². The molecule has 180 valence electrons. The fraction of sp³-hybridized carbons (Fsp3) is 0.667. The number of carboxylic acid groups (broad SMARTS) is 3. The maximum absolute atomic E-state index is 12.9. The SMILES string of the molecule is CC(O)C(N)C(=O)NC(CC(=O)O)C(=O)N1CCCC1C(=O)NC(CCC(=O)O)C(=O)O. The monoisotopic (exact) mass is 460 g/mol. The molecule has 0 saturated carbocycles. The highest BCUT2D eigenvalue weighted by molar-refractivity contribution is 5.96. The molecule has 0 bridgehead atoms. The molecule has 1 rings (SSSR count). The number of hydrogen-bond donors (Lipinski definition) is 7. The van der Waals surface area contributed by atoms with Gasteiger partial charge >= 0.3 is 17.9 Å². The molecule has 5 unspecified atom stereocenters. The number of carbonyl (C=O) groups excluding carboxylic acids is 3. The van der Waals surface area contributed by atoms with E-state index in [0.717, 1.165) is 4.90 Å².